The van der Waals surface area contributed by atoms with E-state index in [1.54, 1.807) is 6.07 Å². The molecule has 0 saturated heterocycles. The summed E-state index contributed by atoms with van der Waals surface area (Å²) < 4.78 is 31.4. The van der Waals surface area contributed by atoms with Gasteiger partial charge < -0.3 is 4.74 Å². The third kappa shape index (κ3) is 3.20. The third-order valence-corrected chi connectivity index (χ3v) is 2.95. The molecule has 0 atom stereocenters. The number of Topliss-reactive ketones (excluding diaryl/α,β-unsaturated/α-hetero) is 1. The summed E-state index contributed by atoms with van der Waals surface area (Å²) in [6.07, 6.45) is 0. The van der Waals surface area contributed by atoms with Crippen LogP contribution in [0.5, 0.6) is 5.75 Å². The van der Waals surface area contributed by atoms with Crippen LogP contribution < -0.4 is 4.74 Å². The molecule has 0 spiro atoms. The highest BCUT2D eigenvalue weighted by molar-refractivity contribution is 5.98. The molecule has 0 radical (unpaired) electrons. The van der Waals surface area contributed by atoms with Crippen LogP contribution in [0.1, 0.15) is 21.5 Å². The van der Waals surface area contributed by atoms with E-state index in [1.807, 2.05) is 26.0 Å². The SMILES string of the molecule is Cc1ccc(C)c(C(=O)COc2cc(F)ccc2F)c1. The van der Waals surface area contributed by atoms with Crippen molar-refractivity contribution in [3.63, 3.8) is 0 Å². The molecular formula is C16H14F2O2. The summed E-state index contributed by atoms with van der Waals surface area (Å²) in [7, 11) is 0. The third-order valence-electron chi connectivity index (χ3n) is 2.95. The van der Waals surface area contributed by atoms with Crippen molar-refractivity contribution < 1.29 is 18.3 Å². The van der Waals surface area contributed by atoms with E-state index in [0.717, 1.165) is 29.3 Å². The average molecular weight is 276 g/mol. The molecule has 0 unspecified atom stereocenters. The molecule has 0 heterocycles. The maximum Gasteiger partial charge on any atom is 0.200 e. The Bertz CT molecular complexity index is 651. The van der Waals surface area contributed by atoms with E-state index in [1.165, 1.54) is 0 Å². The first-order valence-corrected chi connectivity index (χ1v) is 6.15. The molecule has 0 aromatic heterocycles. The van der Waals surface area contributed by atoms with Crippen LogP contribution in [-0.2, 0) is 0 Å². The summed E-state index contributed by atoms with van der Waals surface area (Å²) in [6.45, 7) is 3.36. The van der Waals surface area contributed by atoms with E-state index in [-0.39, 0.29) is 18.1 Å². The lowest BCUT2D eigenvalue weighted by molar-refractivity contribution is 0.0917. The van der Waals surface area contributed by atoms with Gasteiger partial charge in [-0.15, -0.1) is 0 Å². The largest absolute Gasteiger partial charge is 0.482 e. The minimum absolute atomic E-state index is 0.261. The second kappa shape index (κ2) is 5.82. The Morgan fingerprint density at radius 1 is 1.10 bits per heavy atom. The molecule has 0 N–H and O–H groups in total. The molecule has 0 saturated carbocycles. The van der Waals surface area contributed by atoms with Gasteiger partial charge in [0.2, 0.25) is 0 Å². The standard InChI is InChI=1S/C16H14F2O2/c1-10-3-4-11(2)13(7-10)15(19)9-20-16-8-12(17)5-6-14(16)18/h3-8H,9H2,1-2H3. The molecule has 2 nitrogen and oxygen atoms in total. The van der Waals surface area contributed by atoms with Crippen LogP contribution in [0.2, 0.25) is 0 Å². The summed E-state index contributed by atoms with van der Waals surface area (Å²) in [6, 6.07) is 8.38. The summed E-state index contributed by atoms with van der Waals surface area (Å²) in [5, 5.41) is 0. The van der Waals surface area contributed by atoms with Crippen molar-refractivity contribution in [1.82, 2.24) is 0 Å². The van der Waals surface area contributed by atoms with E-state index in [2.05, 4.69) is 0 Å². The van der Waals surface area contributed by atoms with Gasteiger partial charge in [-0.25, -0.2) is 8.78 Å². The van der Waals surface area contributed by atoms with Crippen molar-refractivity contribution in [2.75, 3.05) is 6.61 Å². The van der Waals surface area contributed by atoms with Crippen LogP contribution in [0.3, 0.4) is 0 Å². The monoisotopic (exact) mass is 276 g/mol. The number of carbonyl (C=O) groups excluding carboxylic acids is 1. The minimum Gasteiger partial charge on any atom is -0.482 e. The number of hydrogen-bond donors (Lipinski definition) is 0. The van der Waals surface area contributed by atoms with E-state index >= 15 is 0 Å². The lowest BCUT2D eigenvalue weighted by Gasteiger charge is -2.09. The molecular weight excluding hydrogens is 262 g/mol. The number of hydrogen-bond acceptors (Lipinski definition) is 2. The first kappa shape index (κ1) is 14.2. The maximum absolute atomic E-state index is 13.4. The number of ether oxygens (including phenoxy) is 1. The van der Waals surface area contributed by atoms with Crippen LogP contribution in [0.4, 0.5) is 8.78 Å². The smallest absolute Gasteiger partial charge is 0.200 e. The Kier molecular flexibility index (Phi) is 4.13. The lowest BCUT2D eigenvalue weighted by Crippen LogP contribution is -2.13. The van der Waals surface area contributed by atoms with Gasteiger partial charge in [-0.05, 0) is 37.6 Å². The lowest BCUT2D eigenvalue weighted by atomic mass is 10.0. The fraction of sp³-hybridized carbons (Fsp3) is 0.188. The maximum atomic E-state index is 13.4. The molecule has 0 aliphatic rings. The molecule has 4 heteroatoms. The van der Waals surface area contributed by atoms with Crippen molar-refractivity contribution in [1.29, 1.82) is 0 Å². The van der Waals surface area contributed by atoms with Crippen molar-refractivity contribution >= 4 is 5.78 Å². The van der Waals surface area contributed by atoms with Gasteiger partial charge in [-0.3, -0.25) is 4.79 Å². The Hall–Kier alpha value is -2.23. The molecule has 2 rings (SSSR count). The van der Waals surface area contributed by atoms with Crippen LogP contribution in [-0.4, -0.2) is 12.4 Å². The number of benzene rings is 2. The van der Waals surface area contributed by atoms with Crippen LogP contribution in [0, 0.1) is 25.5 Å². The number of carbonyl (C=O) groups is 1. The highest BCUT2D eigenvalue weighted by Gasteiger charge is 2.12. The summed E-state index contributed by atoms with van der Waals surface area (Å²) >= 11 is 0. The van der Waals surface area contributed by atoms with Gasteiger partial charge in [0.1, 0.15) is 5.82 Å². The Balaban J connectivity index is 2.12. The Labute approximate surface area is 116 Å². The summed E-state index contributed by atoms with van der Waals surface area (Å²) in [5.74, 6) is -1.83. The zero-order valence-electron chi connectivity index (χ0n) is 11.2. The normalized spacial score (nSPS) is 10.4. The number of aryl methyl sites for hydroxylation is 2. The number of ketones is 1. The average Bonchev–Trinajstić information content (AvgIpc) is 2.42. The minimum atomic E-state index is -0.694. The molecule has 0 fully saturated rings. The fourth-order valence-electron chi connectivity index (χ4n) is 1.85. The van der Waals surface area contributed by atoms with Gasteiger partial charge >= 0.3 is 0 Å². The van der Waals surface area contributed by atoms with Gasteiger partial charge in [0.05, 0.1) is 0 Å². The van der Waals surface area contributed by atoms with Crippen molar-refractivity contribution in [3.8, 4) is 5.75 Å². The van der Waals surface area contributed by atoms with Crippen LogP contribution >= 0.6 is 0 Å². The summed E-state index contributed by atoms with van der Waals surface area (Å²) in [5.41, 5.74) is 2.31. The first-order valence-electron chi connectivity index (χ1n) is 6.15. The van der Waals surface area contributed by atoms with E-state index in [0.29, 0.717) is 5.56 Å². The topological polar surface area (TPSA) is 26.3 Å². The van der Waals surface area contributed by atoms with E-state index in [9.17, 15) is 13.6 Å². The molecule has 0 aliphatic carbocycles. The second-order valence-electron chi connectivity index (χ2n) is 4.60. The zero-order chi connectivity index (χ0) is 14.7. The first-order chi connectivity index (χ1) is 9.47. The van der Waals surface area contributed by atoms with Crippen molar-refractivity contribution in [2.24, 2.45) is 0 Å². The number of halogens is 2. The van der Waals surface area contributed by atoms with E-state index < -0.39 is 11.6 Å². The van der Waals surface area contributed by atoms with Crippen LogP contribution in [0.25, 0.3) is 0 Å². The molecule has 0 aliphatic heterocycles. The van der Waals surface area contributed by atoms with Gasteiger partial charge in [0.25, 0.3) is 0 Å². The molecule has 2 aromatic rings. The van der Waals surface area contributed by atoms with Gasteiger partial charge in [0.15, 0.2) is 24.0 Å². The predicted molar refractivity (Wildman–Crippen MR) is 72.1 cm³/mol. The molecule has 104 valence electrons. The fourth-order valence-corrected chi connectivity index (χ4v) is 1.85. The Morgan fingerprint density at radius 3 is 2.60 bits per heavy atom. The van der Waals surface area contributed by atoms with E-state index in [4.69, 9.17) is 4.74 Å². The molecule has 2 aromatic carbocycles. The van der Waals surface area contributed by atoms with Gasteiger partial charge in [-0.1, -0.05) is 17.7 Å². The molecule has 0 amide bonds. The Morgan fingerprint density at radius 2 is 1.85 bits per heavy atom. The summed E-state index contributed by atoms with van der Waals surface area (Å²) in [4.78, 5) is 12.0. The highest BCUT2D eigenvalue weighted by atomic mass is 19.1. The highest BCUT2D eigenvalue weighted by Crippen LogP contribution is 2.19. The molecule has 0 bridgehead atoms. The zero-order valence-corrected chi connectivity index (χ0v) is 11.2. The van der Waals surface area contributed by atoms with Crippen molar-refractivity contribution in [3.05, 3.63) is 64.7 Å². The second-order valence-corrected chi connectivity index (χ2v) is 4.60. The molecule has 20 heavy (non-hydrogen) atoms. The number of rotatable bonds is 4. The van der Waals surface area contributed by atoms with Crippen LogP contribution in [0.15, 0.2) is 36.4 Å². The van der Waals surface area contributed by atoms with Gasteiger partial charge in [-0.2, -0.15) is 0 Å². The quantitative estimate of drug-likeness (QED) is 0.793. The van der Waals surface area contributed by atoms with Crippen molar-refractivity contribution in [2.45, 2.75) is 13.8 Å². The predicted octanol–water partition coefficient (Wildman–Crippen LogP) is 3.84. The van der Waals surface area contributed by atoms with Gasteiger partial charge in [0, 0.05) is 11.6 Å².